The molecule has 0 aliphatic carbocycles. The summed E-state index contributed by atoms with van der Waals surface area (Å²) in [5.41, 5.74) is 1.31. The Morgan fingerprint density at radius 1 is 1.07 bits per heavy atom. The Balaban J connectivity index is 1.56. The second kappa shape index (κ2) is 9.13. The van der Waals surface area contributed by atoms with E-state index < -0.39 is 10.0 Å². The highest BCUT2D eigenvalue weighted by molar-refractivity contribution is 9.10. The number of carbonyl (C=O) groups is 1. The molecule has 0 radical (unpaired) electrons. The van der Waals surface area contributed by atoms with Crippen LogP contribution in [0.25, 0.3) is 0 Å². The van der Waals surface area contributed by atoms with Crippen molar-refractivity contribution in [2.45, 2.75) is 18.6 Å². The second-order valence-corrected chi connectivity index (χ2v) is 10.4. The zero-order valence-electron chi connectivity index (χ0n) is 14.9. The first kappa shape index (κ1) is 21.6. The van der Waals surface area contributed by atoms with Gasteiger partial charge in [0.15, 0.2) is 0 Å². The number of piperidine rings is 1. The summed E-state index contributed by atoms with van der Waals surface area (Å²) in [6.07, 6.45) is 0.958. The molecule has 1 heterocycles. The van der Waals surface area contributed by atoms with Crippen molar-refractivity contribution >= 4 is 60.7 Å². The van der Waals surface area contributed by atoms with Crippen molar-refractivity contribution in [2.24, 2.45) is 5.92 Å². The van der Waals surface area contributed by atoms with Crippen molar-refractivity contribution in [3.05, 3.63) is 62.5 Å². The fourth-order valence-corrected chi connectivity index (χ4v) is 5.22. The lowest BCUT2D eigenvalue weighted by Gasteiger charge is -2.30. The predicted octanol–water partition coefficient (Wildman–Crippen LogP) is 4.94. The normalized spacial score (nSPS) is 16.1. The molecule has 1 N–H and O–H groups in total. The van der Waals surface area contributed by atoms with Gasteiger partial charge in [0.25, 0.3) is 0 Å². The molecule has 0 spiro atoms. The number of carbonyl (C=O) groups excluding carboxylic acids is 1. The van der Waals surface area contributed by atoms with Crippen molar-refractivity contribution in [3.8, 4) is 0 Å². The number of benzene rings is 2. The SMILES string of the molecule is O=C(Nc1ccc(Cl)c(Cl)c1)C1CCN(S(=O)(=O)Cc2ccc(Br)cc2)CC1. The third-order valence-electron chi connectivity index (χ3n) is 4.67. The fourth-order valence-electron chi connectivity index (χ4n) is 3.10. The van der Waals surface area contributed by atoms with Crippen molar-refractivity contribution in [1.29, 1.82) is 0 Å². The molecule has 1 saturated heterocycles. The molecule has 0 atom stereocenters. The molecule has 3 rings (SSSR count). The van der Waals surface area contributed by atoms with Crippen LogP contribution >= 0.6 is 39.1 Å². The summed E-state index contributed by atoms with van der Waals surface area (Å²) in [6.45, 7) is 0.663. The average molecular weight is 506 g/mol. The van der Waals surface area contributed by atoms with E-state index in [1.165, 1.54) is 4.31 Å². The minimum Gasteiger partial charge on any atom is -0.326 e. The molecule has 9 heteroatoms. The van der Waals surface area contributed by atoms with Gasteiger partial charge in [-0.2, -0.15) is 0 Å². The fraction of sp³-hybridized carbons (Fsp3) is 0.316. The topological polar surface area (TPSA) is 66.5 Å². The van der Waals surface area contributed by atoms with E-state index in [0.717, 1.165) is 10.0 Å². The van der Waals surface area contributed by atoms with Gasteiger partial charge in [-0.3, -0.25) is 4.79 Å². The Bertz CT molecular complexity index is 960. The molecule has 5 nitrogen and oxygen atoms in total. The summed E-state index contributed by atoms with van der Waals surface area (Å²) in [7, 11) is -3.41. The van der Waals surface area contributed by atoms with Crippen LogP contribution in [0.4, 0.5) is 5.69 Å². The van der Waals surface area contributed by atoms with Crippen LogP contribution in [-0.4, -0.2) is 31.7 Å². The van der Waals surface area contributed by atoms with Gasteiger partial charge in [-0.05, 0) is 48.7 Å². The largest absolute Gasteiger partial charge is 0.326 e. The number of hydrogen-bond donors (Lipinski definition) is 1. The van der Waals surface area contributed by atoms with Crippen LogP contribution in [0.15, 0.2) is 46.9 Å². The molecule has 150 valence electrons. The average Bonchev–Trinajstić information content (AvgIpc) is 2.66. The van der Waals surface area contributed by atoms with Gasteiger partial charge in [0.05, 0.1) is 15.8 Å². The lowest BCUT2D eigenvalue weighted by Crippen LogP contribution is -2.41. The number of sulfonamides is 1. The molecule has 28 heavy (non-hydrogen) atoms. The van der Waals surface area contributed by atoms with Gasteiger partial charge in [0, 0.05) is 29.2 Å². The highest BCUT2D eigenvalue weighted by atomic mass is 79.9. The maximum Gasteiger partial charge on any atom is 0.227 e. The van der Waals surface area contributed by atoms with E-state index in [0.29, 0.717) is 41.7 Å². The molecule has 0 bridgehead atoms. The third kappa shape index (κ3) is 5.48. The van der Waals surface area contributed by atoms with E-state index >= 15 is 0 Å². The van der Waals surface area contributed by atoms with Gasteiger partial charge in [-0.25, -0.2) is 12.7 Å². The summed E-state index contributed by atoms with van der Waals surface area (Å²) >= 11 is 15.2. The predicted molar refractivity (Wildman–Crippen MR) is 116 cm³/mol. The van der Waals surface area contributed by atoms with Gasteiger partial charge < -0.3 is 5.32 Å². The minimum absolute atomic E-state index is 0.0413. The molecule has 2 aromatic rings. The number of nitrogens with zero attached hydrogens (tertiary/aromatic N) is 1. The van der Waals surface area contributed by atoms with Gasteiger partial charge in [0.2, 0.25) is 15.9 Å². The monoisotopic (exact) mass is 504 g/mol. The lowest BCUT2D eigenvalue weighted by molar-refractivity contribution is -0.120. The van der Waals surface area contributed by atoms with Crippen LogP contribution in [0.2, 0.25) is 10.0 Å². The number of amides is 1. The van der Waals surface area contributed by atoms with Gasteiger partial charge >= 0.3 is 0 Å². The van der Waals surface area contributed by atoms with Crippen LogP contribution in [-0.2, 0) is 20.6 Å². The first-order valence-corrected chi connectivity index (χ1v) is 11.9. The molecule has 1 aliphatic rings. The standard InChI is InChI=1S/C19H19BrCl2N2O3S/c20-15-3-1-13(2-4-15)12-28(26,27)24-9-7-14(8-10-24)19(25)23-16-5-6-17(21)18(22)11-16/h1-6,11,14H,7-10,12H2,(H,23,25). The van der Waals surface area contributed by atoms with Crippen LogP contribution in [0.1, 0.15) is 18.4 Å². The smallest absolute Gasteiger partial charge is 0.227 e. The van der Waals surface area contributed by atoms with Crippen molar-refractivity contribution in [3.63, 3.8) is 0 Å². The Morgan fingerprint density at radius 3 is 2.32 bits per heavy atom. The molecule has 1 amide bonds. The number of halogens is 3. The number of hydrogen-bond acceptors (Lipinski definition) is 3. The summed E-state index contributed by atoms with van der Waals surface area (Å²) in [5, 5.41) is 3.61. The van der Waals surface area contributed by atoms with Crippen molar-refractivity contribution < 1.29 is 13.2 Å². The van der Waals surface area contributed by atoms with Gasteiger partial charge in [0.1, 0.15) is 0 Å². The Morgan fingerprint density at radius 2 is 1.71 bits per heavy atom. The van der Waals surface area contributed by atoms with Crippen LogP contribution in [0, 0.1) is 5.92 Å². The van der Waals surface area contributed by atoms with Gasteiger partial charge in [-0.1, -0.05) is 51.3 Å². The van der Waals surface area contributed by atoms with E-state index in [-0.39, 0.29) is 17.6 Å². The highest BCUT2D eigenvalue weighted by Crippen LogP contribution is 2.27. The van der Waals surface area contributed by atoms with Crippen LogP contribution < -0.4 is 5.32 Å². The zero-order valence-corrected chi connectivity index (χ0v) is 18.8. The van der Waals surface area contributed by atoms with Crippen LogP contribution in [0.5, 0.6) is 0 Å². The highest BCUT2D eigenvalue weighted by Gasteiger charge is 2.31. The summed E-state index contributed by atoms with van der Waals surface area (Å²) < 4.78 is 27.7. The summed E-state index contributed by atoms with van der Waals surface area (Å²) in [5.74, 6) is -0.419. The number of anilines is 1. The molecule has 1 aliphatic heterocycles. The third-order valence-corrected chi connectivity index (χ3v) is 7.79. The molecule has 2 aromatic carbocycles. The van der Waals surface area contributed by atoms with E-state index in [9.17, 15) is 13.2 Å². The summed E-state index contributed by atoms with van der Waals surface area (Å²) in [4.78, 5) is 12.5. The van der Waals surface area contributed by atoms with Crippen molar-refractivity contribution in [1.82, 2.24) is 4.31 Å². The molecule has 1 fully saturated rings. The van der Waals surface area contributed by atoms with E-state index in [1.807, 2.05) is 12.1 Å². The minimum atomic E-state index is -3.41. The first-order chi connectivity index (χ1) is 13.2. The Kier molecular flexibility index (Phi) is 7.04. The number of rotatable bonds is 5. The molecular weight excluding hydrogens is 487 g/mol. The van der Waals surface area contributed by atoms with Gasteiger partial charge in [-0.15, -0.1) is 0 Å². The van der Waals surface area contributed by atoms with E-state index in [1.54, 1.807) is 30.3 Å². The van der Waals surface area contributed by atoms with E-state index in [4.69, 9.17) is 23.2 Å². The zero-order chi connectivity index (χ0) is 20.3. The molecule has 0 aromatic heterocycles. The molecule has 0 saturated carbocycles. The summed E-state index contributed by atoms with van der Waals surface area (Å²) in [6, 6.07) is 12.1. The Hall–Kier alpha value is -1.12. The van der Waals surface area contributed by atoms with Crippen LogP contribution in [0.3, 0.4) is 0 Å². The van der Waals surface area contributed by atoms with E-state index in [2.05, 4.69) is 21.2 Å². The Labute approximate surface area is 183 Å². The first-order valence-electron chi connectivity index (χ1n) is 8.73. The lowest BCUT2D eigenvalue weighted by atomic mass is 9.97. The number of nitrogens with one attached hydrogen (secondary N) is 1. The maximum absolute atomic E-state index is 12.7. The molecular formula is C19H19BrCl2N2O3S. The maximum atomic E-state index is 12.7. The quantitative estimate of drug-likeness (QED) is 0.626. The molecule has 0 unspecified atom stereocenters. The second-order valence-electron chi connectivity index (χ2n) is 6.67. The van der Waals surface area contributed by atoms with Crippen molar-refractivity contribution in [2.75, 3.05) is 18.4 Å².